The Morgan fingerprint density at radius 2 is 2.14 bits per heavy atom. The van der Waals surface area contributed by atoms with Crippen LogP contribution in [0.2, 0.25) is 0 Å². The number of nitrogen functional groups attached to an aromatic ring is 1. The number of esters is 1. The van der Waals surface area contributed by atoms with Crippen LogP contribution < -0.4 is 40.6 Å². The molecule has 0 saturated carbocycles. The third kappa shape index (κ3) is 5.64. The fourth-order valence-electron chi connectivity index (χ4n) is 2.22. The molecule has 1 aliphatic heterocycles. The zero-order valence-electron chi connectivity index (χ0n) is 15.6. The Morgan fingerprint density at radius 3 is 2.62 bits per heavy atom. The van der Waals surface area contributed by atoms with Crippen molar-refractivity contribution in [3.05, 3.63) is 11.1 Å². The van der Waals surface area contributed by atoms with Crippen molar-refractivity contribution >= 4 is 50.3 Å². The number of carbonyl (C=O) groups is 3. The molecule has 3 N–H and O–H groups in total. The van der Waals surface area contributed by atoms with Crippen molar-refractivity contribution in [2.75, 3.05) is 19.5 Å². The molecular weight excluding hydrogens is 441 g/mol. The second-order valence-electron chi connectivity index (χ2n) is 5.35. The van der Waals surface area contributed by atoms with Crippen LogP contribution in [0.25, 0.3) is 0 Å². The summed E-state index contributed by atoms with van der Waals surface area (Å²) in [5, 5.41) is 7.37. The maximum absolute atomic E-state index is 12.6. The van der Waals surface area contributed by atoms with Crippen LogP contribution in [0.3, 0.4) is 0 Å². The van der Waals surface area contributed by atoms with Gasteiger partial charge in [0, 0.05) is 5.38 Å². The first kappa shape index (κ1) is 25.3. The largest absolute Gasteiger partial charge is 1.00 e. The number of anilines is 1. The minimum atomic E-state index is -5.28. The molecule has 1 fully saturated rings. The van der Waals surface area contributed by atoms with Crippen LogP contribution >= 0.6 is 11.3 Å². The molecule has 0 unspecified atom stereocenters. The van der Waals surface area contributed by atoms with Gasteiger partial charge in [-0.05, 0) is 6.42 Å². The Labute approximate surface area is 191 Å². The number of nitrogens with zero attached hydrogens (tertiary/aromatic N) is 3. The number of methoxy groups -OCH3 is 1. The van der Waals surface area contributed by atoms with Gasteiger partial charge < -0.3 is 25.2 Å². The third-order valence-electron chi connectivity index (χ3n) is 3.45. The standard InChI is InChI=1S/C13H17N5O8S2.Na/c1-3-4-26-17-7(6-5-27-13(14)15-6)10(19)16-8-9(12(21)25-2)18(11(8)20)28(22,23)24;/h5,8-9H,3-4H2,1-2H3,(H2,14,15)(H,16,19)(H,22,23,24);/q;+1/p-1/t8-,9-;/m0./s1. The van der Waals surface area contributed by atoms with Gasteiger partial charge in [0.2, 0.25) is 0 Å². The SMILES string of the molecule is CCCON=C(C(=O)N[C@@H]1C(=O)N(S(=O)(=O)[O-])[C@@H]1C(=O)OC)c1csc(N)n1.[Na+]. The predicted molar refractivity (Wildman–Crippen MR) is 93.6 cm³/mol. The molecule has 0 aliphatic carbocycles. The van der Waals surface area contributed by atoms with E-state index in [4.69, 9.17) is 10.6 Å². The van der Waals surface area contributed by atoms with Crippen LogP contribution in [-0.2, 0) is 34.3 Å². The first-order valence-corrected chi connectivity index (χ1v) is 9.95. The number of ether oxygens (including phenoxy) is 1. The number of amides is 2. The molecular formula is C13H16N5NaO8S2. The summed E-state index contributed by atoms with van der Waals surface area (Å²) in [6.45, 7) is 1.99. The average molecular weight is 457 g/mol. The van der Waals surface area contributed by atoms with E-state index in [1.807, 2.05) is 6.92 Å². The summed E-state index contributed by atoms with van der Waals surface area (Å²) in [5.41, 5.74) is 5.24. The van der Waals surface area contributed by atoms with Gasteiger partial charge >= 0.3 is 35.5 Å². The molecule has 0 spiro atoms. The monoisotopic (exact) mass is 457 g/mol. The van der Waals surface area contributed by atoms with Crippen LogP contribution in [0.15, 0.2) is 10.5 Å². The number of nitrogens with one attached hydrogen (secondary N) is 1. The molecule has 0 bridgehead atoms. The normalized spacial score (nSPS) is 19.1. The van der Waals surface area contributed by atoms with E-state index < -0.39 is 40.2 Å². The zero-order chi connectivity index (χ0) is 21.1. The summed E-state index contributed by atoms with van der Waals surface area (Å²) in [6, 6.07) is -3.47. The van der Waals surface area contributed by atoms with E-state index in [0.717, 1.165) is 18.4 Å². The smallest absolute Gasteiger partial charge is 0.731 e. The van der Waals surface area contributed by atoms with Gasteiger partial charge in [-0.2, -0.15) is 0 Å². The molecule has 2 rings (SSSR count). The molecule has 1 aromatic rings. The number of nitrogens with two attached hydrogens (primary N) is 1. The molecule has 16 heteroatoms. The van der Waals surface area contributed by atoms with Gasteiger partial charge in [0.25, 0.3) is 11.8 Å². The summed E-state index contributed by atoms with van der Waals surface area (Å²) >= 11 is 1.02. The molecule has 2 amide bonds. The molecule has 13 nitrogen and oxygen atoms in total. The minimum absolute atomic E-state index is 0. The number of hydrogen-bond acceptors (Lipinski definition) is 12. The van der Waals surface area contributed by atoms with E-state index in [0.29, 0.717) is 6.42 Å². The fraction of sp³-hybridized carbons (Fsp3) is 0.462. The summed E-state index contributed by atoms with van der Waals surface area (Å²) in [4.78, 5) is 45.2. The van der Waals surface area contributed by atoms with Crippen molar-refractivity contribution in [1.29, 1.82) is 0 Å². The Kier molecular flexibility index (Phi) is 8.98. The summed E-state index contributed by atoms with van der Waals surface area (Å²) in [5.74, 6) is -3.47. The van der Waals surface area contributed by atoms with E-state index in [1.165, 1.54) is 5.38 Å². The quantitative estimate of drug-likeness (QED) is 0.0727. The number of hydrogen-bond donors (Lipinski definition) is 2. The zero-order valence-corrected chi connectivity index (χ0v) is 19.3. The maximum Gasteiger partial charge on any atom is 1.00 e. The molecule has 2 atom stereocenters. The predicted octanol–water partition coefficient (Wildman–Crippen LogP) is -4.81. The van der Waals surface area contributed by atoms with Crippen LogP contribution in [-0.4, -0.2) is 71.6 Å². The van der Waals surface area contributed by atoms with Gasteiger partial charge in [-0.1, -0.05) is 12.1 Å². The molecule has 154 valence electrons. The number of aromatic nitrogens is 1. The van der Waals surface area contributed by atoms with Gasteiger partial charge in [-0.25, -0.2) is 22.5 Å². The van der Waals surface area contributed by atoms with Crippen molar-refractivity contribution in [3.63, 3.8) is 0 Å². The molecule has 0 radical (unpaired) electrons. The van der Waals surface area contributed by atoms with Crippen molar-refractivity contribution in [3.8, 4) is 0 Å². The van der Waals surface area contributed by atoms with Crippen molar-refractivity contribution in [2.24, 2.45) is 5.16 Å². The van der Waals surface area contributed by atoms with Gasteiger partial charge in [0.05, 0.1) is 7.11 Å². The molecule has 1 saturated heterocycles. The van der Waals surface area contributed by atoms with Crippen LogP contribution in [0, 0.1) is 0 Å². The maximum atomic E-state index is 12.6. The second-order valence-corrected chi connectivity index (χ2v) is 7.49. The first-order chi connectivity index (χ1) is 13.1. The number of β-lactam (4-membered cyclic amide) rings is 1. The summed E-state index contributed by atoms with van der Waals surface area (Å²) in [6.07, 6.45) is 0.597. The Hall–Kier alpha value is -1.78. The average Bonchev–Trinajstić information content (AvgIpc) is 3.04. The number of carbonyl (C=O) groups excluding carboxylic acids is 3. The minimum Gasteiger partial charge on any atom is -0.731 e. The molecule has 29 heavy (non-hydrogen) atoms. The Balaban J connectivity index is 0.00000420. The molecule has 1 aromatic heterocycles. The van der Waals surface area contributed by atoms with Gasteiger partial charge in [0.15, 0.2) is 27.2 Å². The topological polar surface area (TPSA) is 193 Å². The van der Waals surface area contributed by atoms with Crippen LogP contribution in [0.4, 0.5) is 5.13 Å². The molecule has 0 aromatic carbocycles. The van der Waals surface area contributed by atoms with Gasteiger partial charge in [0.1, 0.15) is 18.3 Å². The Morgan fingerprint density at radius 1 is 1.48 bits per heavy atom. The number of oxime groups is 1. The van der Waals surface area contributed by atoms with Crippen LogP contribution in [0.5, 0.6) is 0 Å². The summed E-state index contributed by atoms with van der Waals surface area (Å²) in [7, 11) is -4.34. The first-order valence-electron chi connectivity index (χ1n) is 7.70. The van der Waals surface area contributed by atoms with Crippen LogP contribution in [0.1, 0.15) is 19.0 Å². The van der Waals surface area contributed by atoms with E-state index in [9.17, 15) is 27.4 Å². The van der Waals surface area contributed by atoms with Gasteiger partial charge in [-0.15, -0.1) is 11.3 Å². The van der Waals surface area contributed by atoms with E-state index >= 15 is 0 Å². The van der Waals surface area contributed by atoms with E-state index in [1.54, 1.807) is 0 Å². The summed E-state index contributed by atoms with van der Waals surface area (Å²) < 4.78 is 37.7. The van der Waals surface area contributed by atoms with Crippen molar-refractivity contribution in [1.82, 2.24) is 14.6 Å². The van der Waals surface area contributed by atoms with Gasteiger partial charge in [-0.3, -0.25) is 9.59 Å². The van der Waals surface area contributed by atoms with Crippen molar-refractivity contribution < 1.29 is 66.5 Å². The fourth-order valence-corrected chi connectivity index (χ4v) is 3.58. The van der Waals surface area contributed by atoms with E-state index in [-0.39, 0.29) is 57.0 Å². The molecule has 2 heterocycles. The number of rotatable bonds is 8. The second kappa shape index (κ2) is 10.3. The van der Waals surface area contributed by atoms with Crippen molar-refractivity contribution in [2.45, 2.75) is 25.4 Å². The Bertz CT molecular complexity index is 918. The molecule has 1 aliphatic rings. The van der Waals surface area contributed by atoms with E-state index in [2.05, 4.69) is 20.2 Å². The third-order valence-corrected chi connectivity index (χ3v) is 5.02. The number of thiazole rings is 1.